The van der Waals surface area contributed by atoms with E-state index in [0.29, 0.717) is 21.4 Å². The van der Waals surface area contributed by atoms with Gasteiger partial charge >= 0.3 is 6.09 Å². The Balaban J connectivity index is 2.38. The number of nitrogens with one attached hydrogen (secondary N) is 1. The average molecular weight is 297 g/mol. The molecule has 6 heteroatoms. The molecular formula is C13H10Cl2N2O2. The van der Waals surface area contributed by atoms with Crippen molar-refractivity contribution in [3.05, 3.63) is 46.4 Å². The van der Waals surface area contributed by atoms with Crippen molar-refractivity contribution in [2.75, 3.05) is 11.1 Å². The summed E-state index contributed by atoms with van der Waals surface area (Å²) in [4.78, 5) is 10.6. The molecule has 2 aromatic carbocycles. The number of rotatable bonds is 2. The van der Waals surface area contributed by atoms with Gasteiger partial charge in [0.05, 0.1) is 21.4 Å². The molecule has 4 N–H and O–H groups in total. The lowest BCUT2D eigenvalue weighted by Gasteiger charge is -2.09. The van der Waals surface area contributed by atoms with Crippen LogP contribution in [0.1, 0.15) is 0 Å². The average Bonchev–Trinajstić information content (AvgIpc) is 2.35. The Kier molecular flexibility index (Phi) is 3.83. The molecular weight excluding hydrogens is 287 g/mol. The molecule has 0 heterocycles. The zero-order chi connectivity index (χ0) is 14.0. The summed E-state index contributed by atoms with van der Waals surface area (Å²) in [7, 11) is 0. The number of amides is 1. The van der Waals surface area contributed by atoms with Crippen molar-refractivity contribution in [2.24, 2.45) is 0 Å². The van der Waals surface area contributed by atoms with Crippen LogP contribution in [0.15, 0.2) is 36.4 Å². The Morgan fingerprint density at radius 2 is 1.68 bits per heavy atom. The first-order valence-corrected chi connectivity index (χ1v) is 6.08. The van der Waals surface area contributed by atoms with Crippen molar-refractivity contribution in [1.82, 2.24) is 0 Å². The van der Waals surface area contributed by atoms with Gasteiger partial charge in [-0.25, -0.2) is 4.79 Å². The van der Waals surface area contributed by atoms with E-state index in [0.717, 1.165) is 11.1 Å². The van der Waals surface area contributed by atoms with Crippen molar-refractivity contribution in [2.45, 2.75) is 0 Å². The molecule has 0 unspecified atom stereocenters. The van der Waals surface area contributed by atoms with E-state index >= 15 is 0 Å². The van der Waals surface area contributed by atoms with Crippen molar-refractivity contribution in [3.8, 4) is 11.1 Å². The molecule has 0 saturated carbocycles. The highest BCUT2D eigenvalue weighted by molar-refractivity contribution is 6.42. The van der Waals surface area contributed by atoms with Crippen LogP contribution in [-0.4, -0.2) is 11.2 Å². The summed E-state index contributed by atoms with van der Waals surface area (Å²) in [5.74, 6) is 0. The minimum absolute atomic E-state index is 0.339. The van der Waals surface area contributed by atoms with Crippen LogP contribution in [0.2, 0.25) is 10.0 Å². The third-order valence-corrected chi connectivity index (χ3v) is 3.29. The van der Waals surface area contributed by atoms with Gasteiger partial charge in [0.15, 0.2) is 0 Å². The summed E-state index contributed by atoms with van der Waals surface area (Å²) in [5, 5.41) is 11.8. The number of hydrogen-bond donors (Lipinski definition) is 3. The minimum Gasteiger partial charge on any atom is -0.465 e. The van der Waals surface area contributed by atoms with E-state index in [1.165, 1.54) is 0 Å². The van der Waals surface area contributed by atoms with Gasteiger partial charge in [0.2, 0.25) is 0 Å². The number of benzene rings is 2. The molecule has 0 spiro atoms. The fourth-order valence-electron chi connectivity index (χ4n) is 1.65. The number of carboxylic acid groups (broad SMARTS) is 1. The summed E-state index contributed by atoms with van der Waals surface area (Å²) in [6, 6.07) is 10.3. The largest absolute Gasteiger partial charge is 0.465 e. The van der Waals surface area contributed by atoms with Crippen LogP contribution in [0.4, 0.5) is 16.2 Å². The predicted molar refractivity (Wildman–Crippen MR) is 78.0 cm³/mol. The molecule has 4 nitrogen and oxygen atoms in total. The lowest BCUT2D eigenvalue weighted by Crippen LogP contribution is -2.09. The Hall–Kier alpha value is -1.91. The number of hydrogen-bond acceptors (Lipinski definition) is 2. The second kappa shape index (κ2) is 5.38. The Labute approximate surface area is 119 Å². The van der Waals surface area contributed by atoms with E-state index in [9.17, 15) is 4.79 Å². The normalized spacial score (nSPS) is 10.2. The summed E-state index contributed by atoms with van der Waals surface area (Å²) in [5.41, 5.74) is 8.15. The van der Waals surface area contributed by atoms with Gasteiger partial charge in [-0.3, -0.25) is 5.32 Å². The third-order valence-electron chi connectivity index (χ3n) is 2.55. The molecule has 19 heavy (non-hydrogen) atoms. The molecule has 0 bridgehead atoms. The predicted octanol–water partition coefficient (Wildman–Crippen LogP) is 4.33. The highest BCUT2D eigenvalue weighted by Crippen LogP contribution is 2.31. The molecule has 0 aliphatic rings. The maximum Gasteiger partial charge on any atom is 0.409 e. The second-order valence-corrected chi connectivity index (χ2v) is 4.68. The van der Waals surface area contributed by atoms with Crippen molar-refractivity contribution in [1.29, 1.82) is 0 Å². The first-order valence-electron chi connectivity index (χ1n) is 5.32. The Morgan fingerprint density at radius 1 is 1.05 bits per heavy atom. The number of halogens is 2. The summed E-state index contributed by atoms with van der Waals surface area (Å²) >= 11 is 11.8. The molecule has 2 aromatic rings. The molecule has 0 aliphatic heterocycles. The van der Waals surface area contributed by atoms with Crippen LogP contribution in [0.5, 0.6) is 0 Å². The molecule has 2 rings (SSSR count). The standard InChI is InChI=1S/C13H10Cl2N2O2/c14-9-3-1-7(5-10(9)15)8-2-4-12(11(16)6-8)17-13(18)19/h1-6,17H,16H2,(H,18,19). The van der Waals surface area contributed by atoms with Gasteiger partial charge in [-0.05, 0) is 35.4 Å². The lowest BCUT2D eigenvalue weighted by molar-refractivity contribution is 0.210. The van der Waals surface area contributed by atoms with Gasteiger partial charge < -0.3 is 10.8 Å². The summed E-state index contributed by atoms with van der Waals surface area (Å²) < 4.78 is 0. The van der Waals surface area contributed by atoms with Crippen molar-refractivity contribution >= 4 is 40.7 Å². The zero-order valence-electron chi connectivity index (χ0n) is 9.65. The van der Waals surface area contributed by atoms with E-state index in [4.69, 9.17) is 34.0 Å². The van der Waals surface area contributed by atoms with Gasteiger partial charge in [-0.15, -0.1) is 0 Å². The monoisotopic (exact) mass is 296 g/mol. The molecule has 0 aromatic heterocycles. The zero-order valence-corrected chi connectivity index (χ0v) is 11.2. The van der Waals surface area contributed by atoms with Gasteiger partial charge in [0.1, 0.15) is 0 Å². The van der Waals surface area contributed by atoms with Crippen molar-refractivity contribution < 1.29 is 9.90 Å². The quantitative estimate of drug-likeness (QED) is 0.722. The smallest absolute Gasteiger partial charge is 0.409 e. The number of anilines is 2. The molecule has 0 atom stereocenters. The van der Waals surface area contributed by atoms with Crippen LogP contribution in [0.25, 0.3) is 11.1 Å². The SMILES string of the molecule is Nc1cc(-c2ccc(Cl)c(Cl)c2)ccc1NC(=O)O. The fraction of sp³-hybridized carbons (Fsp3) is 0. The van der Waals surface area contributed by atoms with Gasteiger partial charge in [-0.1, -0.05) is 35.3 Å². The van der Waals surface area contributed by atoms with E-state index in [2.05, 4.69) is 5.32 Å². The third kappa shape index (κ3) is 3.10. The van der Waals surface area contributed by atoms with Crippen LogP contribution >= 0.6 is 23.2 Å². The van der Waals surface area contributed by atoms with Gasteiger partial charge in [0, 0.05) is 0 Å². The van der Waals surface area contributed by atoms with Gasteiger partial charge in [-0.2, -0.15) is 0 Å². The topological polar surface area (TPSA) is 75.3 Å². The molecule has 98 valence electrons. The highest BCUT2D eigenvalue weighted by Gasteiger charge is 2.06. The summed E-state index contributed by atoms with van der Waals surface area (Å²) in [6.45, 7) is 0. The molecule has 0 fully saturated rings. The first kappa shape index (κ1) is 13.5. The lowest BCUT2D eigenvalue weighted by atomic mass is 10.0. The van der Waals surface area contributed by atoms with Crippen LogP contribution in [-0.2, 0) is 0 Å². The van der Waals surface area contributed by atoms with E-state index in [1.54, 1.807) is 30.3 Å². The van der Waals surface area contributed by atoms with Crippen LogP contribution in [0, 0.1) is 0 Å². The number of carbonyl (C=O) groups is 1. The minimum atomic E-state index is -1.16. The first-order chi connectivity index (χ1) is 8.97. The summed E-state index contributed by atoms with van der Waals surface area (Å²) in [6.07, 6.45) is -1.16. The van der Waals surface area contributed by atoms with Gasteiger partial charge in [0.25, 0.3) is 0 Å². The van der Waals surface area contributed by atoms with E-state index in [-0.39, 0.29) is 0 Å². The number of nitrogen functional groups attached to an aromatic ring is 1. The van der Waals surface area contributed by atoms with E-state index < -0.39 is 6.09 Å². The maximum absolute atomic E-state index is 10.6. The molecule has 0 saturated heterocycles. The second-order valence-electron chi connectivity index (χ2n) is 3.86. The molecule has 0 radical (unpaired) electrons. The molecule has 0 aliphatic carbocycles. The maximum atomic E-state index is 10.6. The van der Waals surface area contributed by atoms with Crippen LogP contribution in [0.3, 0.4) is 0 Å². The van der Waals surface area contributed by atoms with Crippen LogP contribution < -0.4 is 11.1 Å². The fourth-order valence-corrected chi connectivity index (χ4v) is 1.95. The van der Waals surface area contributed by atoms with E-state index in [1.807, 2.05) is 6.07 Å². The Morgan fingerprint density at radius 3 is 2.26 bits per heavy atom. The van der Waals surface area contributed by atoms with Crippen molar-refractivity contribution in [3.63, 3.8) is 0 Å². The molecule has 1 amide bonds. The Bertz CT molecular complexity index is 645. The number of nitrogens with two attached hydrogens (primary N) is 1. The highest BCUT2D eigenvalue weighted by atomic mass is 35.5.